The first-order chi connectivity index (χ1) is 9.69. The highest BCUT2D eigenvalue weighted by Crippen LogP contribution is 2.15. The first kappa shape index (κ1) is 15.0. The third kappa shape index (κ3) is 4.30. The molecule has 1 aromatic heterocycles. The zero-order chi connectivity index (χ0) is 14.4. The highest BCUT2D eigenvalue weighted by molar-refractivity contribution is 6.30. The summed E-state index contributed by atoms with van der Waals surface area (Å²) in [6, 6.07) is 6.58. The van der Waals surface area contributed by atoms with Crippen LogP contribution in [0.3, 0.4) is 0 Å². The number of nitrogens with one attached hydrogen (secondary N) is 1. The molecule has 1 aromatic carbocycles. The molecule has 20 heavy (non-hydrogen) atoms. The molecule has 1 heterocycles. The number of ether oxygens (including phenoxy) is 1. The van der Waals surface area contributed by atoms with E-state index in [1.165, 1.54) is 6.07 Å². The molecular weight excluding hydrogens is 281 g/mol. The van der Waals surface area contributed by atoms with Crippen molar-refractivity contribution in [2.24, 2.45) is 0 Å². The van der Waals surface area contributed by atoms with Gasteiger partial charge in [-0.2, -0.15) is 5.10 Å². The van der Waals surface area contributed by atoms with Gasteiger partial charge < -0.3 is 10.1 Å². The van der Waals surface area contributed by atoms with Crippen LogP contribution >= 0.6 is 11.6 Å². The first-order valence-corrected chi connectivity index (χ1v) is 6.73. The Kier molecular flexibility index (Phi) is 5.52. The second kappa shape index (κ2) is 7.38. The monoisotopic (exact) mass is 297 g/mol. The fourth-order valence-electron chi connectivity index (χ4n) is 1.80. The van der Waals surface area contributed by atoms with E-state index in [0.29, 0.717) is 30.3 Å². The average Bonchev–Trinajstić information content (AvgIpc) is 2.86. The molecule has 0 fully saturated rings. The molecule has 0 spiro atoms. The Balaban J connectivity index is 1.92. The van der Waals surface area contributed by atoms with E-state index in [4.69, 9.17) is 16.3 Å². The maximum Gasteiger partial charge on any atom is 0.129 e. The topological polar surface area (TPSA) is 39.1 Å². The fourth-order valence-corrected chi connectivity index (χ4v) is 1.96. The predicted octanol–water partition coefficient (Wildman–Crippen LogP) is 2.46. The largest absolute Gasteiger partial charge is 0.383 e. The van der Waals surface area contributed by atoms with E-state index in [2.05, 4.69) is 10.4 Å². The average molecular weight is 298 g/mol. The molecule has 1 N–H and O–H groups in total. The van der Waals surface area contributed by atoms with Crippen LogP contribution < -0.4 is 5.32 Å². The fraction of sp³-hybridized carbons (Fsp3) is 0.357. The molecule has 0 saturated carbocycles. The Morgan fingerprint density at radius 2 is 2.25 bits per heavy atom. The van der Waals surface area contributed by atoms with Gasteiger partial charge in [0.1, 0.15) is 5.82 Å². The van der Waals surface area contributed by atoms with Crippen molar-refractivity contribution in [1.29, 1.82) is 0 Å². The van der Waals surface area contributed by atoms with Gasteiger partial charge in [0.15, 0.2) is 0 Å². The molecule has 2 rings (SSSR count). The first-order valence-electron chi connectivity index (χ1n) is 6.35. The lowest BCUT2D eigenvalue weighted by atomic mass is 10.2. The number of methoxy groups -OCH3 is 1. The highest BCUT2D eigenvalue weighted by atomic mass is 35.5. The van der Waals surface area contributed by atoms with Crippen LogP contribution in [0.15, 0.2) is 30.5 Å². The minimum atomic E-state index is -0.312. The minimum Gasteiger partial charge on any atom is -0.383 e. The van der Waals surface area contributed by atoms with Crippen LogP contribution in [0.25, 0.3) is 0 Å². The van der Waals surface area contributed by atoms with Gasteiger partial charge in [-0.05, 0) is 18.2 Å². The molecule has 4 nitrogen and oxygen atoms in total. The summed E-state index contributed by atoms with van der Waals surface area (Å²) in [4.78, 5) is 0. The standard InChI is InChI=1S/C14H17ClFN3O/c1-20-7-5-17-9-13-4-6-19(18-13)10-11-2-3-12(15)8-14(11)16/h2-4,6,8,17H,5,7,9-10H2,1H3. The number of hydrogen-bond acceptors (Lipinski definition) is 3. The van der Waals surface area contributed by atoms with Crippen LogP contribution in [-0.2, 0) is 17.8 Å². The van der Waals surface area contributed by atoms with Crippen molar-refractivity contribution in [3.8, 4) is 0 Å². The van der Waals surface area contributed by atoms with Gasteiger partial charge in [0.05, 0.1) is 18.8 Å². The number of rotatable bonds is 7. The van der Waals surface area contributed by atoms with Crippen molar-refractivity contribution in [3.05, 3.63) is 52.6 Å². The van der Waals surface area contributed by atoms with Crippen LogP contribution in [0.2, 0.25) is 5.02 Å². The van der Waals surface area contributed by atoms with Gasteiger partial charge in [0.2, 0.25) is 0 Å². The predicted molar refractivity (Wildman–Crippen MR) is 76.3 cm³/mol. The van der Waals surface area contributed by atoms with Gasteiger partial charge in [0.25, 0.3) is 0 Å². The second-order valence-corrected chi connectivity index (χ2v) is 4.85. The van der Waals surface area contributed by atoms with Gasteiger partial charge in [0, 0.05) is 37.0 Å². The third-order valence-electron chi connectivity index (χ3n) is 2.83. The summed E-state index contributed by atoms with van der Waals surface area (Å²) in [6.07, 6.45) is 1.83. The molecule has 0 unspecified atom stereocenters. The molecule has 6 heteroatoms. The second-order valence-electron chi connectivity index (χ2n) is 4.41. The van der Waals surface area contributed by atoms with E-state index in [1.807, 2.05) is 12.3 Å². The van der Waals surface area contributed by atoms with Crippen molar-refractivity contribution in [3.63, 3.8) is 0 Å². The third-order valence-corrected chi connectivity index (χ3v) is 3.07. The SMILES string of the molecule is COCCNCc1ccn(Cc2ccc(Cl)cc2F)n1. The molecule has 0 saturated heterocycles. The van der Waals surface area contributed by atoms with E-state index < -0.39 is 0 Å². The molecule has 0 atom stereocenters. The molecule has 0 aliphatic heterocycles. The van der Waals surface area contributed by atoms with E-state index in [0.717, 1.165) is 12.2 Å². The van der Waals surface area contributed by atoms with Gasteiger partial charge >= 0.3 is 0 Å². The van der Waals surface area contributed by atoms with E-state index >= 15 is 0 Å². The number of nitrogens with zero attached hydrogens (tertiary/aromatic N) is 2. The minimum absolute atomic E-state index is 0.312. The molecule has 0 aliphatic rings. The highest BCUT2D eigenvalue weighted by Gasteiger charge is 2.05. The number of hydrogen-bond donors (Lipinski definition) is 1. The molecule has 2 aromatic rings. The lowest BCUT2D eigenvalue weighted by molar-refractivity contribution is 0.199. The van der Waals surface area contributed by atoms with Crippen molar-refractivity contribution >= 4 is 11.6 Å². The van der Waals surface area contributed by atoms with E-state index in [-0.39, 0.29) is 5.82 Å². The van der Waals surface area contributed by atoms with Crippen LogP contribution in [0.5, 0.6) is 0 Å². The Morgan fingerprint density at radius 1 is 1.40 bits per heavy atom. The summed E-state index contributed by atoms with van der Waals surface area (Å²) in [6.45, 7) is 2.49. The lowest BCUT2D eigenvalue weighted by Gasteiger charge is -2.04. The summed E-state index contributed by atoms with van der Waals surface area (Å²) < 4.78 is 20.3. The van der Waals surface area contributed by atoms with Crippen LogP contribution in [0, 0.1) is 5.82 Å². The number of aromatic nitrogens is 2. The van der Waals surface area contributed by atoms with Crippen molar-refractivity contribution in [1.82, 2.24) is 15.1 Å². The maximum atomic E-state index is 13.7. The van der Waals surface area contributed by atoms with Crippen molar-refractivity contribution < 1.29 is 9.13 Å². The quantitative estimate of drug-likeness (QED) is 0.798. The van der Waals surface area contributed by atoms with Gasteiger partial charge in [-0.3, -0.25) is 4.68 Å². The summed E-state index contributed by atoms with van der Waals surface area (Å²) in [5.41, 5.74) is 1.48. The Morgan fingerprint density at radius 3 is 3.00 bits per heavy atom. The van der Waals surface area contributed by atoms with Crippen LogP contribution in [0.1, 0.15) is 11.3 Å². The van der Waals surface area contributed by atoms with Crippen LogP contribution in [-0.4, -0.2) is 30.0 Å². The normalized spacial score (nSPS) is 10.9. The molecule has 0 bridgehead atoms. The molecular formula is C14H17ClFN3O. The Labute approximate surface area is 122 Å². The molecule has 0 amide bonds. The summed E-state index contributed by atoms with van der Waals surface area (Å²) in [5.74, 6) is -0.312. The maximum absolute atomic E-state index is 13.7. The number of benzene rings is 1. The smallest absolute Gasteiger partial charge is 0.129 e. The van der Waals surface area contributed by atoms with Crippen molar-refractivity contribution in [2.75, 3.05) is 20.3 Å². The van der Waals surface area contributed by atoms with Gasteiger partial charge in [-0.25, -0.2) is 4.39 Å². The Hall–Kier alpha value is -1.43. The molecule has 0 aliphatic carbocycles. The Bertz CT molecular complexity index is 559. The van der Waals surface area contributed by atoms with Crippen molar-refractivity contribution in [2.45, 2.75) is 13.1 Å². The zero-order valence-corrected chi connectivity index (χ0v) is 12.0. The summed E-state index contributed by atoms with van der Waals surface area (Å²) in [7, 11) is 1.66. The van der Waals surface area contributed by atoms with Gasteiger partial charge in [-0.15, -0.1) is 0 Å². The molecule has 108 valence electrons. The van der Waals surface area contributed by atoms with Crippen LogP contribution in [0.4, 0.5) is 4.39 Å². The summed E-state index contributed by atoms with van der Waals surface area (Å²) >= 11 is 5.73. The lowest BCUT2D eigenvalue weighted by Crippen LogP contribution is -2.19. The summed E-state index contributed by atoms with van der Waals surface area (Å²) in [5, 5.41) is 7.98. The van der Waals surface area contributed by atoms with E-state index in [1.54, 1.807) is 23.9 Å². The zero-order valence-electron chi connectivity index (χ0n) is 11.3. The van der Waals surface area contributed by atoms with Gasteiger partial charge in [-0.1, -0.05) is 17.7 Å². The number of halogens is 2. The molecule has 0 radical (unpaired) electrons. The van der Waals surface area contributed by atoms with E-state index in [9.17, 15) is 4.39 Å².